The van der Waals surface area contributed by atoms with Crippen LogP contribution >= 0.6 is 0 Å². The van der Waals surface area contributed by atoms with E-state index in [1.165, 1.54) is 25.7 Å². The van der Waals surface area contributed by atoms with Gasteiger partial charge >= 0.3 is 0 Å². The lowest BCUT2D eigenvalue weighted by atomic mass is 9.59. The van der Waals surface area contributed by atoms with E-state index < -0.39 is 0 Å². The minimum Gasteiger partial charge on any atom is -0.274 e. The van der Waals surface area contributed by atoms with Gasteiger partial charge in [0.2, 0.25) is 0 Å². The number of hydrogen-bond acceptors (Lipinski definition) is 2. The molecule has 0 aromatic rings. The molecule has 5 rings (SSSR count). The van der Waals surface area contributed by atoms with Crippen molar-refractivity contribution in [3.63, 3.8) is 0 Å². The molecule has 0 bridgehead atoms. The first-order chi connectivity index (χ1) is 11.7. The summed E-state index contributed by atoms with van der Waals surface area (Å²) in [4.78, 5) is 0. The predicted molar refractivity (Wildman–Crippen MR) is 103 cm³/mol. The minimum absolute atomic E-state index is 0.710. The maximum atomic E-state index is 4.00. The summed E-state index contributed by atoms with van der Waals surface area (Å²) >= 11 is 0. The van der Waals surface area contributed by atoms with Crippen molar-refractivity contribution in [2.75, 3.05) is 0 Å². The lowest BCUT2D eigenvalue weighted by Gasteiger charge is -2.45. The second-order valence-electron chi connectivity index (χ2n) is 8.97. The van der Waals surface area contributed by atoms with Crippen molar-refractivity contribution in [1.29, 1.82) is 0 Å². The second-order valence-corrected chi connectivity index (χ2v) is 8.97. The Hall–Kier alpha value is -0.340. The minimum atomic E-state index is 0.710. The Morgan fingerprint density at radius 3 is 2.50 bits per heavy atom. The lowest BCUT2D eigenvalue weighted by molar-refractivity contribution is 0.0335. The topological polar surface area (TPSA) is 52.0 Å². The first-order valence-corrected chi connectivity index (χ1v) is 10.7. The van der Waals surface area contributed by atoms with Crippen LogP contribution in [0.5, 0.6) is 0 Å². The van der Waals surface area contributed by atoms with Crippen LogP contribution in [0.15, 0.2) is 11.6 Å². The van der Waals surface area contributed by atoms with Crippen molar-refractivity contribution in [2.45, 2.75) is 91.9 Å². The largest absolute Gasteiger partial charge is 0.274 e. The van der Waals surface area contributed by atoms with Gasteiger partial charge in [-0.25, -0.2) is 0 Å². The standard InChI is InChI=1S/C20H30.C2H6.H4N2/c1-3-14-7-8-16-18(14,2)12-10-17-19-11-5-4-6-15(19)9-13-20(16,17)19;2*1-2/h6,14,16-17H,3-5,7-13H2,1-2H3;1-2H3;1-2H2. The molecule has 24 heavy (non-hydrogen) atoms. The molecule has 0 aromatic heterocycles. The summed E-state index contributed by atoms with van der Waals surface area (Å²) in [5.74, 6) is 11.2. The van der Waals surface area contributed by atoms with Crippen molar-refractivity contribution in [3.05, 3.63) is 11.6 Å². The fourth-order valence-corrected chi connectivity index (χ4v) is 8.60. The molecule has 0 saturated heterocycles. The van der Waals surface area contributed by atoms with Crippen LogP contribution in [0.3, 0.4) is 0 Å². The molecule has 2 spiro atoms. The number of fused-ring (bicyclic) bond motifs is 1. The van der Waals surface area contributed by atoms with Gasteiger partial charge in [0, 0.05) is 5.41 Å². The van der Waals surface area contributed by atoms with E-state index >= 15 is 0 Å². The first-order valence-electron chi connectivity index (χ1n) is 10.7. The zero-order valence-corrected chi connectivity index (χ0v) is 16.5. The third-order valence-corrected chi connectivity index (χ3v) is 9.13. The van der Waals surface area contributed by atoms with Crippen molar-refractivity contribution >= 4 is 0 Å². The van der Waals surface area contributed by atoms with Gasteiger partial charge in [-0.05, 0) is 86.4 Å². The van der Waals surface area contributed by atoms with E-state index in [-0.39, 0.29) is 0 Å². The summed E-state index contributed by atoms with van der Waals surface area (Å²) in [5, 5.41) is 0. The molecule has 4 saturated carbocycles. The summed E-state index contributed by atoms with van der Waals surface area (Å²) in [7, 11) is 0. The molecule has 0 aliphatic heterocycles. The molecule has 6 atom stereocenters. The smallest absolute Gasteiger partial charge is 0.000825 e. The molecule has 4 fully saturated rings. The van der Waals surface area contributed by atoms with E-state index in [0.717, 1.165) is 28.6 Å². The monoisotopic (exact) mass is 332 g/mol. The molecule has 0 radical (unpaired) electrons. The molecule has 0 heterocycles. The summed E-state index contributed by atoms with van der Waals surface area (Å²) in [6, 6.07) is 0. The zero-order chi connectivity index (χ0) is 17.6. The molecule has 138 valence electrons. The fourth-order valence-electron chi connectivity index (χ4n) is 8.60. The van der Waals surface area contributed by atoms with Crippen molar-refractivity contribution in [1.82, 2.24) is 0 Å². The third kappa shape index (κ3) is 1.91. The van der Waals surface area contributed by atoms with Gasteiger partial charge in [0.15, 0.2) is 0 Å². The number of allylic oxidation sites excluding steroid dienone is 2. The summed E-state index contributed by atoms with van der Waals surface area (Å²) in [6.45, 7) is 9.14. The molecule has 0 aromatic carbocycles. The van der Waals surface area contributed by atoms with Gasteiger partial charge in [0.05, 0.1) is 0 Å². The highest BCUT2D eigenvalue weighted by molar-refractivity contribution is 5.44. The molecular formula is C22H40N2. The number of rotatable bonds is 1. The Morgan fingerprint density at radius 2 is 1.79 bits per heavy atom. The molecule has 0 amide bonds. The van der Waals surface area contributed by atoms with E-state index in [1.54, 1.807) is 38.5 Å². The summed E-state index contributed by atoms with van der Waals surface area (Å²) in [5.41, 5.74) is 4.20. The fraction of sp³-hybridized carbons (Fsp3) is 0.909. The molecule has 2 heteroatoms. The van der Waals surface area contributed by atoms with Crippen LogP contribution in [0.1, 0.15) is 91.9 Å². The average Bonchev–Trinajstić information content (AvgIpc) is 2.91. The third-order valence-electron chi connectivity index (χ3n) is 9.13. The van der Waals surface area contributed by atoms with Crippen LogP contribution in [-0.2, 0) is 0 Å². The Bertz CT molecular complexity index is 498. The summed E-state index contributed by atoms with van der Waals surface area (Å²) in [6.07, 6.45) is 17.8. The highest BCUT2D eigenvalue weighted by Gasteiger charge is 2.84. The normalized spacial score (nSPS) is 49.9. The van der Waals surface area contributed by atoms with Gasteiger partial charge in [0.25, 0.3) is 0 Å². The van der Waals surface area contributed by atoms with Crippen molar-refractivity contribution in [3.8, 4) is 0 Å². The van der Waals surface area contributed by atoms with Crippen molar-refractivity contribution in [2.24, 2.45) is 45.7 Å². The maximum absolute atomic E-state index is 4.00. The summed E-state index contributed by atoms with van der Waals surface area (Å²) < 4.78 is 0. The number of nitrogens with two attached hydrogens (primary N) is 2. The highest BCUT2D eigenvalue weighted by atomic mass is 15.0. The van der Waals surface area contributed by atoms with Gasteiger partial charge < -0.3 is 0 Å². The second kappa shape index (κ2) is 6.43. The van der Waals surface area contributed by atoms with E-state index in [0.29, 0.717) is 5.41 Å². The Kier molecular flexibility index (Phi) is 4.94. The maximum Gasteiger partial charge on any atom is 0.000825 e. The van der Waals surface area contributed by atoms with E-state index in [4.69, 9.17) is 0 Å². The van der Waals surface area contributed by atoms with Crippen LogP contribution < -0.4 is 11.7 Å². The molecule has 2 nitrogen and oxygen atoms in total. The Morgan fingerprint density at radius 1 is 1.04 bits per heavy atom. The quantitative estimate of drug-likeness (QED) is 0.374. The van der Waals surface area contributed by atoms with Crippen LogP contribution in [0.4, 0.5) is 0 Å². The number of hydrogen-bond donors (Lipinski definition) is 2. The van der Waals surface area contributed by atoms with Crippen LogP contribution in [0, 0.1) is 34.0 Å². The Labute approximate surface area is 149 Å². The van der Waals surface area contributed by atoms with Crippen LogP contribution in [0.2, 0.25) is 0 Å². The predicted octanol–water partition coefficient (Wildman–Crippen LogP) is 5.57. The molecule has 5 aliphatic carbocycles. The van der Waals surface area contributed by atoms with E-state index in [2.05, 4.69) is 31.6 Å². The van der Waals surface area contributed by atoms with Crippen LogP contribution in [0.25, 0.3) is 0 Å². The molecule has 5 aliphatic rings. The van der Waals surface area contributed by atoms with Gasteiger partial charge in [0.1, 0.15) is 0 Å². The van der Waals surface area contributed by atoms with E-state index in [9.17, 15) is 0 Å². The van der Waals surface area contributed by atoms with E-state index in [1.807, 2.05) is 19.4 Å². The highest BCUT2D eigenvalue weighted by Crippen LogP contribution is 2.91. The van der Waals surface area contributed by atoms with Gasteiger partial charge in [-0.1, -0.05) is 45.8 Å². The molecule has 6 unspecified atom stereocenters. The van der Waals surface area contributed by atoms with Gasteiger partial charge in [-0.3, -0.25) is 11.7 Å². The van der Waals surface area contributed by atoms with Gasteiger partial charge in [-0.2, -0.15) is 0 Å². The number of hydrazine groups is 1. The lowest BCUT2D eigenvalue weighted by Crippen LogP contribution is -2.38. The first kappa shape index (κ1) is 18.5. The SMILES string of the molecule is CC.CCC1CCC2C1(C)CCC1C34CCCC=C3CCC214.NN. The zero-order valence-electron chi connectivity index (χ0n) is 16.5. The Balaban J connectivity index is 0.000000396. The van der Waals surface area contributed by atoms with Crippen molar-refractivity contribution < 1.29 is 0 Å². The molecule has 4 N–H and O–H groups in total. The molecular weight excluding hydrogens is 292 g/mol. The van der Waals surface area contributed by atoms with Crippen LogP contribution in [-0.4, -0.2) is 0 Å². The van der Waals surface area contributed by atoms with Gasteiger partial charge in [-0.15, -0.1) is 0 Å². The average molecular weight is 333 g/mol.